The van der Waals surface area contributed by atoms with Crippen molar-refractivity contribution in [2.24, 2.45) is 0 Å². The number of thiophene rings is 1. The Hall–Kier alpha value is -2.67. The topological polar surface area (TPSA) is 47.6 Å². The van der Waals surface area contributed by atoms with Crippen LogP contribution < -0.4 is 15.5 Å². The van der Waals surface area contributed by atoms with E-state index >= 15 is 0 Å². The first kappa shape index (κ1) is 21.6. The third kappa shape index (κ3) is 6.17. The van der Waals surface area contributed by atoms with Gasteiger partial charge in [0.25, 0.3) is 0 Å². The molecular formula is C25H30N4OS. The van der Waals surface area contributed by atoms with E-state index in [2.05, 4.69) is 81.3 Å². The number of hydrogen-bond acceptors (Lipinski definition) is 5. The van der Waals surface area contributed by atoms with Gasteiger partial charge in [0.05, 0.1) is 6.54 Å². The molecular weight excluding hydrogens is 404 g/mol. The summed E-state index contributed by atoms with van der Waals surface area (Å²) in [4.78, 5) is 18.4. The van der Waals surface area contributed by atoms with Crippen LogP contribution in [0, 0.1) is 0 Å². The van der Waals surface area contributed by atoms with E-state index < -0.39 is 0 Å². The maximum Gasteiger partial charge on any atom is 0.238 e. The molecule has 5 nitrogen and oxygen atoms in total. The van der Waals surface area contributed by atoms with Crippen molar-refractivity contribution in [2.75, 3.05) is 42.9 Å². The molecule has 6 heteroatoms. The largest absolute Gasteiger partial charge is 0.369 e. The lowest BCUT2D eigenvalue weighted by Crippen LogP contribution is -2.45. The first-order chi connectivity index (χ1) is 15.2. The number of hydrogen-bond donors (Lipinski definition) is 2. The van der Waals surface area contributed by atoms with Gasteiger partial charge in [-0.15, -0.1) is 11.3 Å². The molecule has 0 saturated carbocycles. The SMILES string of the molecule is C[C@@H](NCC(=O)Nc1ccc(N2CCN(Cc3ccccc3)CC2)cc1)c1cccs1. The average molecular weight is 435 g/mol. The Kier molecular flexibility index (Phi) is 7.35. The first-order valence-electron chi connectivity index (χ1n) is 10.9. The summed E-state index contributed by atoms with van der Waals surface area (Å²) in [6.07, 6.45) is 0. The van der Waals surface area contributed by atoms with Crippen LogP contribution >= 0.6 is 11.3 Å². The molecule has 1 amide bonds. The predicted octanol–water partition coefficient (Wildman–Crippen LogP) is 4.36. The summed E-state index contributed by atoms with van der Waals surface area (Å²) >= 11 is 1.70. The first-order valence-corrected chi connectivity index (χ1v) is 11.7. The van der Waals surface area contributed by atoms with Gasteiger partial charge in [0.15, 0.2) is 0 Å². The molecule has 1 fully saturated rings. The molecule has 0 aliphatic carbocycles. The summed E-state index contributed by atoms with van der Waals surface area (Å²) in [5, 5.41) is 8.31. The minimum Gasteiger partial charge on any atom is -0.369 e. The van der Waals surface area contributed by atoms with E-state index in [1.807, 2.05) is 18.2 Å². The van der Waals surface area contributed by atoms with E-state index in [-0.39, 0.29) is 11.9 Å². The molecule has 3 aromatic rings. The molecule has 31 heavy (non-hydrogen) atoms. The fourth-order valence-electron chi connectivity index (χ4n) is 3.85. The standard InChI is InChI=1S/C25H30N4OS/c1-20(24-8-5-17-31-24)26-18-25(30)27-22-9-11-23(12-10-22)29-15-13-28(14-16-29)19-21-6-3-2-4-7-21/h2-12,17,20,26H,13-16,18-19H2,1H3,(H,27,30)/t20-/m1/s1. The van der Waals surface area contributed by atoms with Gasteiger partial charge in [0, 0.05) is 55.0 Å². The summed E-state index contributed by atoms with van der Waals surface area (Å²) in [5.74, 6) is -0.0225. The number of carbonyl (C=O) groups is 1. The van der Waals surface area contributed by atoms with Gasteiger partial charge in [0.1, 0.15) is 0 Å². The highest BCUT2D eigenvalue weighted by molar-refractivity contribution is 7.10. The van der Waals surface area contributed by atoms with Gasteiger partial charge in [0.2, 0.25) is 5.91 Å². The van der Waals surface area contributed by atoms with Crippen molar-refractivity contribution in [3.05, 3.63) is 82.6 Å². The summed E-state index contributed by atoms with van der Waals surface area (Å²) in [5.41, 5.74) is 3.42. The second-order valence-electron chi connectivity index (χ2n) is 7.96. The van der Waals surface area contributed by atoms with E-state index in [0.29, 0.717) is 6.54 Å². The molecule has 0 unspecified atom stereocenters. The second-order valence-corrected chi connectivity index (χ2v) is 8.94. The van der Waals surface area contributed by atoms with Crippen molar-refractivity contribution in [1.29, 1.82) is 0 Å². The average Bonchev–Trinajstić information content (AvgIpc) is 3.35. The zero-order valence-corrected chi connectivity index (χ0v) is 18.8. The lowest BCUT2D eigenvalue weighted by molar-refractivity contribution is -0.115. The highest BCUT2D eigenvalue weighted by Gasteiger charge is 2.17. The van der Waals surface area contributed by atoms with E-state index in [9.17, 15) is 4.79 Å². The van der Waals surface area contributed by atoms with Crippen molar-refractivity contribution < 1.29 is 4.79 Å². The number of rotatable bonds is 8. The van der Waals surface area contributed by atoms with E-state index in [1.165, 1.54) is 16.1 Å². The number of amides is 1. The highest BCUT2D eigenvalue weighted by atomic mass is 32.1. The van der Waals surface area contributed by atoms with Gasteiger partial charge in [-0.2, -0.15) is 0 Å². The minimum absolute atomic E-state index is 0.0225. The third-order valence-corrected chi connectivity index (χ3v) is 6.73. The maximum atomic E-state index is 12.3. The van der Waals surface area contributed by atoms with Gasteiger partial charge in [-0.1, -0.05) is 36.4 Å². The Balaban J connectivity index is 1.21. The van der Waals surface area contributed by atoms with Crippen LogP contribution in [0.25, 0.3) is 0 Å². The van der Waals surface area contributed by atoms with E-state index in [4.69, 9.17) is 0 Å². The van der Waals surface area contributed by atoms with Crippen LogP contribution in [0.15, 0.2) is 72.1 Å². The van der Waals surface area contributed by atoms with Crippen molar-refractivity contribution in [3.8, 4) is 0 Å². The molecule has 0 radical (unpaired) electrons. The fraction of sp³-hybridized carbons (Fsp3) is 0.320. The van der Waals surface area contributed by atoms with Gasteiger partial charge < -0.3 is 15.5 Å². The molecule has 1 aliphatic heterocycles. The van der Waals surface area contributed by atoms with Crippen LogP contribution in [0.4, 0.5) is 11.4 Å². The second kappa shape index (κ2) is 10.6. The Bertz CT molecular complexity index is 935. The molecule has 1 saturated heterocycles. The van der Waals surface area contributed by atoms with E-state index in [0.717, 1.165) is 38.4 Å². The van der Waals surface area contributed by atoms with Gasteiger partial charge >= 0.3 is 0 Å². The molecule has 0 bridgehead atoms. The van der Waals surface area contributed by atoms with Gasteiger partial charge in [-0.25, -0.2) is 0 Å². The van der Waals surface area contributed by atoms with E-state index in [1.54, 1.807) is 11.3 Å². The summed E-state index contributed by atoms with van der Waals surface area (Å²) in [7, 11) is 0. The lowest BCUT2D eigenvalue weighted by Gasteiger charge is -2.36. The van der Waals surface area contributed by atoms with Crippen LogP contribution in [0.3, 0.4) is 0 Å². The highest BCUT2D eigenvalue weighted by Crippen LogP contribution is 2.21. The molecule has 2 N–H and O–H groups in total. The predicted molar refractivity (Wildman–Crippen MR) is 130 cm³/mol. The molecule has 1 atom stereocenters. The lowest BCUT2D eigenvalue weighted by atomic mass is 10.2. The number of nitrogens with one attached hydrogen (secondary N) is 2. The Morgan fingerprint density at radius 2 is 1.71 bits per heavy atom. The number of anilines is 2. The number of nitrogens with zero attached hydrogens (tertiary/aromatic N) is 2. The normalized spacial score (nSPS) is 15.6. The molecule has 2 aromatic carbocycles. The molecule has 1 aliphatic rings. The van der Waals surface area contributed by atoms with Crippen LogP contribution in [-0.4, -0.2) is 43.5 Å². The molecule has 2 heterocycles. The zero-order valence-electron chi connectivity index (χ0n) is 18.0. The van der Waals surface area contributed by atoms with Gasteiger partial charge in [-0.05, 0) is 48.2 Å². The molecule has 162 valence electrons. The van der Waals surface area contributed by atoms with Gasteiger partial charge in [-0.3, -0.25) is 9.69 Å². The summed E-state index contributed by atoms with van der Waals surface area (Å²) in [6.45, 7) is 7.53. The van der Waals surface area contributed by atoms with Crippen molar-refractivity contribution >= 4 is 28.6 Å². The smallest absolute Gasteiger partial charge is 0.238 e. The Morgan fingerprint density at radius 3 is 2.39 bits per heavy atom. The van der Waals surface area contributed by atoms with Crippen LogP contribution in [0.1, 0.15) is 23.4 Å². The molecule has 1 aromatic heterocycles. The monoisotopic (exact) mass is 434 g/mol. The number of benzene rings is 2. The minimum atomic E-state index is -0.0225. The maximum absolute atomic E-state index is 12.3. The Labute approximate surface area is 188 Å². The number of piperazine rings is 1. The van der Waals surface area contributed by atoms with Crippen LogP contribution in [-0.2, 0) is 11.3 Å². The zero-order chi connectivity index (χ0) is 21.5. The van der Waals surface area contributed by atoms with Crippen LogP contribution in [0.5, 0.6) is 0 Å². The fourth-order valence-corrected chi connectivity index (χ4v) is 4.61. The van der Waals surface area contributed by atoms with Crippen molar-refractivity contribution in [2.45, 2.75) is 19.5 Å². The third-order valence-electron chi connectivity index (χ3n) is 5.68. The number of carbonyl (C=O) groups excluding carboxylic acids is 1. The molecule has 0 spiro atoms. The Morgan fingerprint density at radius 1 is 0.968 bits per heavy atom. The van der Waals surface area contributed by atoms with Crippen molar-refractivity contribution in [1.82, 2.24) is 10.2 Å². The molecule has 4 rings (SSSR count). The van der Waals surface area contributed by atoms with Crippen molar-refractivity contribution in [3.63, 3.8) is 0 Å². The summed E-state index contributed by atoms with van der Waals surface area (Å²) < 4.78 is 0. The summed E-state index contributed by atoms with van der Waals surface area (Å²) in [6, 6.07) is 23.1. The quantitative estimate of drug-likeness (QED) is 0.553. The van der Waals surface area contributed by atoms with Crippen LogP contribution in [0.2, 0.25) is 0 Å².